The Bertz CT molecular complexity index is 1320. The van der Waals surface area contributed by atoms with E-state index >= 15 is 0 Å². The number of nitrogens with two attached hydrogens (primary N) is 1. The van der Waals surface area contributed by atoms with Crippen molar-refractivity contribution in [1.82, 2.24) is 19.3 Å². The molecule has 3 rings (SSSR count). The van der Waals surface area contributed by atoms with Crippen LogP contribution in [0.5, 0.6) is 0 Å². The van der Waals surface area contributed by atoms with Crippen LogP contribution in [0.25, 0.3) is 5.69 Å². The van der Waals surface area contributed by atoms with Gasteiger partial charge in [-0.1, -0.05) is 45.9 Å². The highest BCUT2D eigenvalue weighted by molar-refractivity contribution is 5.92. The molecule has 2 aromatic heterocycles. The van der Waals surface area contributed by atoms with Gasteiger partial charge < -0.3 is 16.0 Å². The highest BCUT2D eigenvalue weighted by Crippen LogP contribution is 2.24. The van der Waals surface area contributed by atoms with Gasteiger partial charge in [0.1, 0.15) is 11.5 Å². The zero-order valence-electron chi connectivity index (χ0n) is 22.0. The molecule has 0 fully saturated rings. The highest BCUT2D eigenvalue weighted by atomic mass is 16.2. The number of benzene rings is 1. The molecule has 0 bridgehead atoms. The standard InChI is InChI=1S/C26H37N7O3/c1-16(2)14-31(23-24(27)32(15-17(3)4)26(36)29-25(23)35)13-12-21(34)28-22-18(5)30-33(19(22)6)20-10-8-7-9-11-20/h7-11,16-17H,12-15,27H2,1-6H3,(H,28,34)(H,29,35,36). The molecule has 1 aromatic carbocycles. The summed E-state index contributed by atoms with van der Waals surface area (Å²) in [5.74, 6) is 0.282. The zero-order chi connectivity index (χ0) is 26.6. The van der Waals surface area contributed by atoms with E-state index in [0.717, 1.165) is 11.4 Å². The number of anilines is 3. The molecule has 0 radical (unpaired) electrons. The maximum Gasteiger partial charge on any atom is 0.330 e. The minimum absolute atomic E-state index is 0.120. The van der Waals surface area contributed by atoms with Gasteiger partial charge in [0.05, 0.1) is 22.8 Å². The van der Waals surface area contributed by atoms with Crippen molar-refractivity contribution in [2.45, 2.75) is 54.5 Å². The Balaban J connectivity index is 1.82. The van der Waals surface area contributed by atoms with E-state index in [9.17, 15) is 14.4 Å². The molecule has 1 amide bonds. The van der Waals surface area contributed by atoms with Crippen LogP contribution in [0.1, 0.15) is 45.5 Å². The molecular formula is C26H37N7O3. The number of nitrogens with one attached hydrogen (secondary N) is 2. The second-order valence-electron chi connectivity index (χ2n) is 9.93. The quantitative estimate of drug-likeness (QED) is 0.396. The van der Waals surface area contributed by atoms with Crippen LogP contribution in [0.3, 0.4) is 0 Å². The van der Waals surface area contributed by atoms with E-state index in [1.807, 2.05) is 71.9 Å². The summed E-state index contributed by atoms with van der Waals surface area (Å²) < 4.78 is 3.19. The van der Waals surface area contributed by atoms with Crippen LogP contribution in [0.15, 0.2) is 39.9 Å². The molecule has 0 saturated carbocycles. The van der Waals surface area contributed by atoms with Crippen LogP contribution < -0.4 is 27.2 Å². The van der Waals surface area contributed by atoms with Gasteiger partial charge in [-0.2, -0.15) is 5.10 Å². The Hall–Kier alpha value is -3.82. The normalized spacial score (nSPS) is 11.3. The summed E-state index contributed by atoms with van der Waals surface area (Å²) in [5.41, 5.74) is 8.59. The fraction of sp³-hybridized carbons (Fsp3) is 0.462. The molecule has 0 aliphatic heterocycles. The molecule has 2 heterocycles. The van der Waals surface area contributed by atoms with Crippen molar-refractivity contribution in [3.05, 3.63) is 62.6 Å². The van der Waals surface area contributed by atoms with Gasteiger partial charge in [0.15, 0.2) is 0 Å². The van der Waals surface area contributed by atoms with Crippen LogP contribution in [0, 0.1) is 25.7 Å². The average Bonchev–Trinajstić information content (AvgIpc) is 3.08. The summed E-state index contributed by atoms with van der Waals surface area (Å²) in [6.45, 7) is 12.9. The maximum absolute atomic E-state index is 13.0. The Morgan fingerprint density at radius 1 is 1.11 bits per heavy atom. The molecule has 0 aliphatic carbocycles. The fourth-order valence-corrected chi connectivity index (χ4v) is 4.25. The van der Waals surface area contributed by atoms with Crippen LogP contribution in [0.2, 0.25) is 0 Å². The van der Waals surface area contributed by atoms with E-state index in [-0.39, 0.29) is 42.2 Å². The lowest BCUT2D eigenvalue weighted by Crippen LogP contribution is -2.41. The largest absolute Gasteiger partial charge is 0.383 e. The van der Waals surface area contributed by atoms with Crippen molar-refractivity contribution in [3.63, 3.8) is 0 Å². The van der Waals surface area contributed by atoms with Crippen molar-refractivity contribution >= 4 is 23.1 Å². The summed E-state index contributed by atoms with van der Waals surface area (Å²) in [6, 6.07) is 9.72. The van der Waals surface area contributed by atoms with Gasteiger partial charge in [0, 0.05) is 26.1 Å². The van der Waals surface area contributed by atoms with Crippen LogP contribution in [0.4, 0.5) is 17.2 Å². The topological polar surface area (TPSA) is 131 Å². The fourth-order valence-electron chi connectivity index (χ4n) is 4.25. The highest BCUT2D eigenvalue weighted by Gasteiger charge is 2.22. The first-order valence-corrected chi connectivity index (χ1v) is 12.3. The number of hydrogen-bond acceptors (Lipinski definition) is 6. The minimum atomic E-state index is -0.547. The van der Waals surface area contributed by atoms with Gasteiger partial charge in [-0.3, -0.25) is 19.1 Å². The average molecular weight is 496 g/mol. The number of rotatable bonds is 10. The van der Waals surface area contributed by atoms with Crippen molar-refractivity contribution in [1.29, 1.82) is 0 Å². The molecule has 10 heteroatoms. The summed E-state index contributed by atoms with van der Waals surface area (Å²) >= 11 is 0. The van der Waals surface area contributed by atoms with E-state index in [1.165, 1.54) is 4.57 Å². The van der Waals surface area contributed by atoms with E-state index in [0.29, 0.717) is 24.5 Å². The Morgan fingerprint density at radius 3 is 2.39 bits per heavy atom. The number of aromatic amines is 1. The SMILES string of the molecule is Cc1nn(-c2ccccc2)c(C)c1NC(=O)CCN(CC(C)C)c1c(N)n(CC(C)C)c(=O)[nH]c1=O. The first-order chi connectivity index (χ1) is 17.0. The van der Waals surface area contributed by atoms with Crippen molar-refractivity contribution in [2.75, 3.05) is 29.0 Å². The third-order valence-corrected chi connectivity index (χ3v) is 5.83. The predicted molar refractivity (Wildman–Crippen MR) is 144 cm³/mol. The molecule has 194 valence electrons. The van der Waals surface area contributed by atoms with E-state index in [4.69, 9.17) is 5.73 Å². The van der Waals surface area contributed by atoms with Gasteiger partial charge >= 0.3 is 5.69 Å². The third kappa shape index (κ3) is 6.05. The second kappa shape index (κ2) is 11.3. The van der Waals surface area contributed by atoms with E-state index in [1.54, 1.807) is 9.58 Å². The second-order valence-corrected chi connectivity index (χ2v) is 9.93. The number of amides is 1. The van der Waals surface area contributed by atoms with E-state index in [2.05, 4.69) is 15.4 Å². The summed E-state index contributed by atoms with van der Waals surface area (Å²) in [4.78, 5) is 42.3. The smallest absolute Gasteiger partial charge is 0.330 e. The Morgan fingerprint density at radius 2 is 1.78 bits per heavy atom. The number of nitrogen functional groups attached to an aromatic ring is 1. The molecule has 0 saturated heterocycles. The lowest BCUT2D eigenvalue weighted by Gasteiger charge is -2.28. The van der Waals surface area contributed by atoms with Crippen LogP contribution in [-0.4, -0.2) is 38.3 Å². The number of aromatic nitrogens is 4. The predicted octanol–water partition coefficient (Wildman–Crippen LogP) is 3.07. The number of carbonyl (C=O) groups excluding carboxylic acids is 1. The first kappa shape index (κ1) is 26.8. The molecule has 0 atom stereocenters. The number of aryl methyl sites for hydroxylation is 1. The van der Waals surface area contributed by atoms with Crippen molar-refractivity contribution < 1.29 is 4.79 Å². The maximum atomic E-state index is 13.0. The molecule has 4 N–H and O–H groups in total. The lowest BCUT2D eigenvalue weighted by atomic mass is 10.1. The number of H-pyrrole nitrogens is 1. The lowest BCUT2D eigenvalue weighted by molar-refractivity contribution is -0.116. The number of carbonyl (C=O) groups is 1. The number of hydrogen-bond donors (Lipinski definition) is 3. The Kier molecular flexibility index (Phi) is 8.39. The molecule has 0 unspecified atom stereocenters. The third-order valence-electron chi connectivity index (χ3n) is 5.83. The number of para-hydroxylation sites is 1. The summed E-state index contributed by atoms with van der Waals surface area (Å²) in [5, 5.41) is 7.56. The Labute approximate surface area is 211 Å². The molecule has 3 aromatic rings. The van der Waals surface area contributed by atoms with Crippen molar-refractivity contribution in [3.8, 4) is 5.69 Å². The van der Waals surface area contributed by atoms with Crippen LogP contribution >= 0.6 is 0 Å². The van der Waals surface area contributed by atoms with Gasteiger partial charge in [-0.15, -0.1) is 0 Å². The van der Waals surface area contributed by atoms with E-state index < -0.39 is 11.2 Å². The zero-order valence-corrected chi connectivity index (χ0v) is 22.0. The molecule has 0 spiro atoms. The van der Waals surface area contributed by atoms with Gasteiger partial charge in [-0.05, 0) is 37.8 Å². The van der Waals surface area contributed by atoms with Crippen LogP contribution in [-0.2, 0) is 11.3 Å². The molecule has 36 heavy (non-hydrogen) atoms. The number of nitrogens with zero attached hydrogens (tertiary/aromatic N) is 4. The van der Waals surface area contributed by atoms with Gasteiger partial charge in [0.2, 0.25) is 5.91 Å². The molecular weight excluding hydrogens is 458 g/mol. The first-order valence-electron chi connectivity index (χ1n) is 12.3. The van der Waals surface area contributed by atoms with Crippen molar-refractivity contribution in [2.24, 2.45) is 11.8 Å². The summed E-state index contributed by atoms with van der Waals surface area (Å²) in [6.07, 6.45) is 0.129. The molecule has 10 nitrogen and oxygen atoms in total. The van der Waals surface area contributed by atoms with Gasteiger partial charge in [-0.25, -0.2) is 9.48 Å². The monoisotopic (exact) mass is 495 g/mol. The minimum Gasteiger partial charge on any atom is -0.383 e. The molecule has 0 aliphatic rings. The van der Waals surface area contributed by atoms with Gasteiger partial charge in [0.25, 0.3) is 5.56 Å². The summed E-state index contributed by atoms with van der Waals surface area (Å²) in [7, 11) is 0.